The number of carbonyl (C=O) groups excluding carboxylic acids is 1. The van der Waals surface area contributed by atoms with Crippen LogP contribution in [-0.2, 0) is 0 Å². The highest BCUT2D eigenvalue weighted by molar-refractivity contribution is 5.97. The van der Waals surface area contributed by atoms with Gasteiger partial charge in [0.05, 0.1) is 17.0 Å². The number of hydrogen-bond donors (Lipinski definition) is 1. The first-order valence-electron chi connectivity index (χ1n) is 6.43. The highest BCUT2D eigenvalue weighted by Crippen LogP contribution is 2.28. The van der Waals surface area contributed by atoms with Crippen molar-refractivity contribution >= 4 is 11.6 Å². The summed E-state index contributed by atoms with van der Waals surface area (Å²) in [5.41, 5.74) is 1.29. The smallest absolute Gasteiger partial charge is 0.269 e. The predicted molar refractivity (Wildman–Crippen MR) is 75.2 cm³/mol. The summed E-state index contributed by atoms with van der Waals surface area (Å²) in [6.45, 7) is 0.311. The van der Waals surface area contributed by atoms with Gasteiger partial charge in [-0.3, -0.25) is 14.9 Å². The van der Waals surface area contributed by atoms with Gasteiger partial charge < -0.3 is 10.1 Å². The van der Waals surface area contributed by atoms with Crippen LogP contribution in [0.5, 0.6) is 5.75 Å². The van der Waals surface area contributed by atoms with E-state index in [0.717, 1.165) is 5.56 Å². The van der Waals surface area contributed by atoms with Crippen LogP contribution in [0.1, 0.15) is 22.0 Å². The zero-order valence-electron chi connectivity index (χ0n) is 11.0. The van der Waals surface area contributed by atoms with E-state index in [1.54, 1.807) is 36.4 Å². The van der Waals surface area contributed by atoms with Gasteiger partial charge in [0, 0.05) is 12.1 Å². The molecule has 1 heterocycles. The summed E-state index contributed by atoms with van der Waals surface area (Å²) >= 11 is 0. The average Bonchev–Trinajstić information content (AvgIpc) is 2.67. The number of nitro groups is 1. The number of benzene rings is 2. The normalized spacial score (nSPS) is 17.1. The molecule has 0 fully saturated rings. The second kappa shape index (κ2) is 5.24. The van der Waals surface area contributed by atoms with E-state index >= 15 is 0 Å². The first kappa shape index (κ1) is 13.1. The van der Waals surface area contributed by atoms with E-state index in [0.29, 0.717) is 17.9 Å². The lowest BCUT2D eigenvalue weighted by Crippen LogP contribution is -2.26. The van der Waals surface area contributed by atoms with Gasteiger partial charge in [0.1, 0.15) is 11.9 Å². The van der Waals surface area contributed by atoms with Gasteiger partial charge in [0.2, 0.25) is 0 Å². The van der Waals surface area contributed by atoms with Crippen LogP contribution >= 0.6 is 0 Å². The van der Waals surface area contributed by atoms with E-state index in [-0.39, 0.29) is 17.7 Å². The Hall–Kier alpha value is -2.89. The predicted octanol–water partition coefficient (Wildman–Crippen LogP) is 2.46. The summed E-state index contributed by atoms with van der Waals surface area (Å²) in [6.07, 6.45) is -0.376. The summed E-state index contributed by atoms with van der Waals surface area (Å²) in [5, 5.41) is 13.5. The minimum absolute atomic E-state index is 0.0248. The third-order valence-electron chi connectivity index (χ3n) is 3.32. The van der Waals surface area contributed by atoms with E-state index in [4.69, 9.17) is 4.74 Å². The molecule has 0 aliphatic carbocycles. The lowest BCUT2D eigenvalue weighted by molar-refractivity contribution is -0.384. The Morgan fingerprint density at radius 3 is 2.57 bits per heavy atom. The molecule has 0 saturated carbocycles. The van der Waals surface area contributed by atoms with Crippen molar-refractivity contribution in [2.75, 3.05) is 6.54 Å². The van der Waals surface area contributed by atoms with Gasteiger partial charge in [0.25, 0.3) is 11.6 Å². The van der Waals surface area contributed by atoms with E-state index in [1.165, 1.54) is 12.1 Å². The molecule has 0 saturated heterocycles. The molecule has 21 heavy (non-hydrogen) atoms. The fourth-order valence-corrected chi connectivity index (χ4v) is 2.23. The molecule has 1 aliphatic rings. The van der Waals surface area contributed by atoms with E-state index in [9.17, 15) is 14.9 Å². The summed E-state index contributed by atoms with van der Waals surface area (Å²) in [7, 11) is 0. The number of nitrogens with zero attached hydrogens (tertiary/aromatic N) is 1. The molecule has 0 spiro atoms. The second-order valence-corrected chi connectivity index (χ2v) is 4.66. The monoisotopic (exact) mass is 284 g/mol. The molecule has 2 aromatic rings. The fraction of sp³-hybridized carbons (Fsp3) is 0.133. The summed E-state index contributed by atoms with van der Waals surface area (Å²) in [6, 6.07) is 13.1. The molecule has 1 aliphatic heterocycles. The first-order chi connectivity index (χ1) is 10.1. The van der Waals surface area contributed by atoms with Crippen LogP contribution in [0.3, 0.4) is 0 Å². The Balaban J connectivity index is 1.90. The Bertz CT molecular complexity index is 697. The number of fused-ring (bicyclic) bond motifs is 1. The average molecular weight is 284 g/mol. The van der Waals surface area contributed by atoms with Crippen molar-refractivity contribution in [3.05, 3.63) is 69.8 Å². The number of hydrogen-bond acceptors (Lipinski definition) is 4. The third-order valence-corrected chi connectivity index (χ3v) is 3.32. The highest BCUT2D eigenvalue weighted by atomic mass is 16.6. The number of para-hydroxylation sites is 1. The number of non-ortho nitro benzene ring substituents is 1. The molecule has 1 amide bonds. The molecule has 0 bridgehead atoms. The second-order valence-electron chi connectivity index (χ2n) is 4.66. The highest BCUT2D eigenvalue weighted by Gasteiger charge is 2.23. The lowest BCUT2D eigenvalue weighted by Gasteiger charge is -2.17. The number of nitrogens with one attached hydrogen (secondary N) is 1. The minimum Gasteiger partial charge on any atom is -0.483 e. The Morgan fingerprint density at radius 2 is 1.86 bits per heavy atom. The number of nitro benzene ring substituents is 1. The van der Waals surface area contributed by atoms with Crippen molar-refractivity contribution in [1.29, 1.82) is 0 Å². The number of rotatable bonds is 2. The molecule has 0 aromatic heterocycles. The number of amides is 1. The van der Waals surface area contributed by atoms with Crippen molar-refractivity contribution in [1.82, 2.24) is 5.32 Å². The number of ether oxygens (including phenoxy) is 1. The molecule has 0 radical (unpaired) electrons. The largest absolute Gasteiger partial charge is 0.483 e. The van der Waals surface area contributed by atoms with Gasteiger partial charge in [-0.1, -0.05) is 12.1 Å². The number of carbonyl (C=O) groups is 1. The van der Waals surface area contributed by atoms with Gasteiger partial charge in [0.15, 0.2) is 0 Å². The standard InChI is InChI=1S/C15H12N2O4/c18-15-12-3-1-2-4-13(12)21-14(9-16-15)10-5-7-11(8-6-10)17(19)20/h1-8,14H,9H2,(H,16,18). The zero-order chi connectivity index (χ0) is 14.8. The van der Waals surface area contributed by atoms with Gasteiger partial charge in [-0.2, -0.15) is 0 Å². The van der Waals surface area contributed by atoms with Gasteiger partial charge >= 0.3 is 0 Å². The Labute approximate surface area is 120 Å². The van der Waals surface area contributed by atoms with Crippen molar-refractivity contribution < 1.29 is 14.5 Å². The molecule has 3 rings (SSSR count). The van der Waals surface area contributed by atoms with Gasteiger partial charge in [-0.15, -0.1) is 0 Å². The quantitative estimate of drug-likeness (QED) is 0.678. The Kier molecular flexibility index (Phi) is 3.27. The van der Waals surface area contributed by atoms with Crippen LogP contribution in [0.15, 0.2) is 48.5 Å². The van der Waals surface area contributed by atoms with E-state index in [2.05, 4.69) is 5.32 Å². The van der Waals surface area contributed by atoms with Crippen LogP contribution in [0.4, 0.5) is 5.69 Å². The fourth-order valence-electron chi connectivity index (χ4n) is 2.23. The van der Waals surface area contributed by atoms with Crippen LogP contribution in [0.25, 0.3) is 0 Å². The maximum absolute atomic E-state index is 11.9. The van der Waals surface area contributed by atoms with Crippen LogP contribution in [0.2, 0.25) is 0 Å². The van der Waals surface area contributed by atoms with E-state index < -0.39 is 4.92 Å². The molecule has 1 N–H and O–H groups in total. The molecular weight excluding hydrogens is 272 g/mol. The molecule has 2 aromatic carbocycles. The topological polar surface area (TPSA) is 81.5 Å². The Morgan fingerprint density at radius 1 is 1.14 bits per heavy atom. The maximum atomic E-state index is 11.9. The summed E-state index contributed by atoms with van der Waals surface area (Å²) < 4.78 is 5.86. The van der Waals surface area contributed by atoms with Crippen molar-refractivity contribution in [3.63, 3.8) is 0 Å². The molecule has 1 atom stereocenters. The molecule has 106 valence electrons. The lowest BCUT2D eigenvalue weighted by atomic mass is 10.1. The molecule has 1 unspecified atom stereocenters. The molecule has 6 heteroatoms. The SMILES string of the molecule is O=C1NCC(c2ccc([N+](=O)[O-])cc2)Oc2ccccc21. The zero-order valence-corrected chi connectivity index (χ0v) is 11.0. The maximum Gasteiger partial charge on any atom is 0.269 e. The van der Waals surface area contributed by atoms with Gasteiger partial charge in [-0.25, -0.2) is 0 Å². The van der Waals surface area contributed by atoms with Crippen molar-refractivity contribution in [3.8, 4) is 5.75 Å². The van der Waals surface area contributed by atoms with Crippen LogP contribution in [-0.4, -0.2) is 17.4 Å². The summed E-state index contributed by atoms with van der Waals surface area (Å²) in [4.78, 5) is 22.2. The minimum atomic E-state index is -0.450. The first-order valence-corrected chi connectivity index (χ1v) is 6.43. The molecular formula is C15H12N2O4. The van der Waals surface area contributed by atoms with Crippen molar-refractivity contribution in [2.45, 2.75) is 6.10 Å². The third kappa shape index (κ3) is 2.55. The van der Waals surface area contributed by atoms with Gasteiger partial charge in [-0.05, 0) is 29.8 Å². The van der Waals surface area contributed by atoms with Crippen LogP contribution < -0.4 is 10.1 Å². The van der Waals surface area contributed by atoms with Crippen molar-refractivity contribution in [2.24, 2.45) is 0 Å². The van der Waals surface area contributed by atoms with Crippen LogP contribution in [0, 0.1) is 10.1 Å². The molecule has 6 nitrogen and oxygen atoms in total. The summed E-state index contributed by atoms with van der Waals surface area (Å²) in [5.74, 6) is 0.325. The van der Waals surface area contributed by atoms with E-state index in [1.807, 2.05) is 0 Å².